The number of fused-ring (bicyclic) bond motifs is 1. The van der Waals surface area contributed by atoms with Crippen molar-refractivity contribution in [3.8, 4) is 11.6 Å². The summed E-state index contributed by atoms with van der Waals surface area (Å²) in [5, 5.41) is 3.28. The van der Waals surface area contributed by atoms with Crippen LogP contribution in [0.5, 0.6) is 11.6 Å². The van der Waals surface area contributed by atoms with Gasteiger partial charge in [0.1, 0.15) is 17.7 Å². The summed E-state index contributed by atoms with van der Waals surface area (Å²) in [5.74, 6) is 2.19. The molecule has 0 spiro atoms. The van der Waals surface area contributed by atoms with E-state index in [1.165, 1.54) is 5.56 Å². The molecule has 0 bridgehead atoms. The number of nitrogens with zero attached hydrogens (tertiary/aromatic N) is 1. The molecule has 1 unspecified atom stereocenters. The first-order valence-electron chi connectivity index (χ1n) is 7.14. The number of benzene rings is 1. The van der Waals surface area contributed by atoms with Crippen molar-refractivity contribution in [1.82, 2.24) is 4.98 Å². The summed E-state index contributed by atoms with van der Waals surface area (Å²) in [5.41, 5.74) is 7.61. The van der Waals surface area contributed by atoms with Crippen LogP contribution in [0.1, 0.15) is 12.5 Å². The van der Waals surface area contributed by atoms with Crippen molar-refractivity contribution in [2.75, 3.05) is 24.2 Å². The van der Waals surface area contributed by atoms with Gasteiger partial charge in [-0.3, -0.25) is 0 Å². The molecule has 1 atom stereocenters. The maximum absolute atomic E-state index is 5.88. The van der Waals surface area contributed by atoms with Crippen LogP contribution in [0.15, 0.2) is 36.4 Å². The first-order chi connectivity index (χ1) is 10.3. The maximum atomic E-state index is 5.88. The van der Waals surface area contributed by atoms with Crippen molar-refractivity contribution >= 4 is 11.5 Å². The third kappa shape index (κ3) is 3.02. The van der Waals surface area contributed by atoms with E-state index in [2.05, 4.69) is 16.4 Å². The second-order valence-corrected chi connectivity index (χ2v) is 4.96. The summed E-state index contributed by atoms with van der Waals surface area (Å²) in [6, 6.07) is 11.8. The van der Waals surface area contributed by atoms with Crippen LogP contribution >= 0.6 is 0 Å². The average Bonchev–Trinajstić information content (AvgIpc) is 2.91. The summed E-state index contributed by atoms with van der Waals surface area (Å²) in [4.78, 5) is 4.36. The van der Waals surface area contributed by atoms with E-state index in [0.29, 0.717) is 24.7 Å². The number of hydrogen-bond acceptors (Lipinski definition) is 5. The van der Waals surface area contributed by atoms with Gasteiger partial charge in [0.15, 0.2) is 0 Å². The van der Waals surface area contributed by atoms with Crippen LogP contribution in [-0.4, -0.2) is 24.2 Å². The van der Waals surface area contributed by atoms with Crippen LogP contribution in [0.3, 0.4) is 0 Å². The Morgan fingerprint density at radius 2 is 2.19 bits per heavy atom. The lowest BCUT2D eigenvalue weighted by Crippen LogP contribution is -2.24. The Morgan fingerprint density at radius 3 is 3.00 bits per heavy atom. The Labute approximate surface area is 124 Å². The fourth-order valence-electron chi connectivity index (χ4n) is 2.39. The molecule has 0 fully saturated rings. The molecule has 1 aliphatic rings. The molecule has 3 rings (SSSR count). The average molecular weight is 285 g/mol. The Bertz CT molecular complexity index is 606. The van der Waals surface area contributed by atoms with Crippen molar-refractivity contribution in [3.05, 3.63) is 42.0 Å². The van der Waals surface area contributed by atoms with Gasteiger partial charge in [-0.05, 0) is 30.7 Å². The zero-order valence-electron chi connectivity index (χ0n) is 12.0. The predicted octanol–water partition coefficient (Wildman–Crippen LogP) is 2.48. The molecule has 1 aliphatic heterocycles. The topological polar surface area (TPSA) is 69.4 Å². The molecule has 1 aromatic carbocycles. The molecular formula is C16H19N3O2. The Kier molecular flexibility index (Phi) is 3.81. The molecule has 2 aromatic rings. The fourth-order valence-corrected chi connectivity index (χ4v) is 2.39. The zero-order valence-corrected chi connectivity index (χ0v) is 12.0. The van der Waals surface area contributed by atoms with Gasteiger partial charge >= 0.3 is 0 Å². The minimum absolute atomic E-state index is 0.122. The number of anilines is 2. The van der Waals surface area contributed by atoms with E-state index in [4.69, 9.17) is 15.2 Å². The number of hydrogen-bond donors (Lipinski definition) is 2. The van der Waals surface area contributed by atoms with Gasteiger partial charge in [0, 0.05) is 6.42 Å². The number of aromatic nitrogens is 1. The van der Waals surface area contributed by atoms with Gasteiger partial charge in [-0.2, -0.15) is 4.98 Å². The third-order valence-electron chi connectivity index (χ3n) is 3.40. The minimum Gasteiger partial charge on any atom is -0.488 e. The standard InChI is InChI=1S/C16H19N3O2/c1-2-20-16-13(17)7-8-15(19-16)18-10-12-9-11-5-3-4-6-14(11)21-12/h3-8,12H,2,9-10,17H2,1H3,(H,18,19). The van der Waals surface area contributed by atoms with Crippen molar-refractivity contribution in [1.29, 1.82) is 0 Å². The lowest BCUT2D eigenvalue weighted by molar-refractivity contribution is 0.246. The van der Waals surface area contributed by atoms with Gasteiger partial charge in [0.2, 0.25) is 5.88 Å². The van der Waals surface area contributed by atoms with Crippen LogP contribution in [0.2, 0.25) is 0 Å². The SMILES string of the molecule is CCOc1nc(NCC2Cc3ccccc3O2)ccc1N. The molecule has 5 heteroatoms. The number of nitrogens with two attached hydrogens (primary N) is 1. The molecule has 0 radical (unpaired) electrons. The highest BCUT2D eigenvalue weighted by molar-refractivity contribution is 5.53. The van der Waals surface area contributed by atoms with Crippen LogP contribution in [-0.2, 0) is 6.42 Å². The molecule has 5 nitrogen and oxygen atoms in total. The van der Waals surface area contributed by atoms with E-state index < -0.39 is 0 Å². The molecule has 1 aromatic heterocycles. The molecule has 21 heavy (non-hydrogen) atoms. The fraction of sp³-hybridized carbons (Fsp3) is 0.312. The molecule has 0 amide bonds. The molecule has 3 N–H and O–H groups in total. The number of nitrogens with one attached hydrogen (secondary N) is 1. The third-order valence-corrected chi connectivity index (χ3v) is 3.40. The van der Waals surface area contributed by atoms with E-state index in [9.17, 15) is 0 Å². The van der Waals surface area contributed by atoms with E-state index in [0.717, 1.165) is 18.0 Å². The Hall–Kier alpha value is -2.43. The lowest BCUT2D eigenvalue weighted by atomic mass is 10.1. The second kappa shape index (κ2) is 5.91. The minimum atomic E-state index is 0.122. The molecular weight excluding hydrogens is 266 g/mol. The first kappa shape index (κ1) is 13.5. The lowest BCUT2D eigenvalue weighted by Gasteiger charge is -2.13. The largest absolute Gasteiger partial charge is 0.488 e. The number of rotatable bonds is 5. The quantitative estimate of drug-likeness (QED) is 0.883. The summed E-state index contributed by atoms with van der Waals surface area (Å²) in [6.45, 7) is 3.14. The molecule has 0 aliphatic carbocycles. The van der Waals surface area contributed by atoms with Gasteiger partial charge in [0.05, 0.1) is 18.8 Å². The predicted molar refractivity (Wildman–Crippen MR) is 82.9 cm³/mol. The van der Waals surface area contributed by atoms with Crippen LogP contribution in [0.25, 0.3) is 0 Å². The first-order valence-corrected chi connectivity index (χ1v) is 7.14. The number of nitrogen functional groups attached to an aromatic ring is 1. The van der Waals surface area contributed by atoms with Gasteiger partial charge < -0.3 is 20.5 Å². The smallest absolute Gasteiger partial charge is 0.239 e. The highest BCUT2D eigenvalue weighted by Crippen LogP contribution is 2.28. The van der Waals surface area contributed by atoms with Gasteiger partial charge in [-0.25, -0.2) is 0 Å². The normalized spacial score (nSPS) is 16.1. The van der Waals surface area contributed by atoms with Crippen molar-refractivity contribution in [2.45, 2.75) is 19.4 Å². The summed E-state index contributed by atoms with van der Waals surface area (Å²) < 4.78 is 11.3. The Morgan fingerprint density at radius 1 is 1.33 bits per heavy atom. The van der Waals surface area contributed by atoms with Gasteiger partial charge in [-0.1, -0.05) is 18.2 Å². The van der Waals surface area contributed by atoms with Gasteiger partial charge in [0.25, 0.3) is 0 Å². The Balaban J connectivity index is 1.60. The second-order valence-electron chi connectivity index (χ2n) is 4.96. The molecule has 110 valence electrons. The summed E-state index contributed by atoms with van der Waals surface area (Å²) in [6.07, 6.45) is 1.04. The van der Waals surface area contributed by atoms with Crippen LogP contribution in [0, 0.1) is 0 Å². The highest BCUT2D eigenvalue weighted by Gasteiger charge is 2.22. The van der Waals surface area contributed by atoms with E-state index in [-0.39, 0.29) is 6.10 Å². The zero-order chi connectivity index (χ0) is 14.7. The highest BCUT2D eigenvalue weighted by atomic mass is 16.5. The monoisotopic (exact) mass is 285 g/mol. The van der Waals surface area contributed by atoms with Crippen LogP contribution in [0.4, 0.5) is 11.5 Å². The number of pyridine rings is 1. The van der Waals surface area contributed by atoms with Gasteiger partial charge in [-0.15, -0.1) is 0 Å². The summed E-state index contributed by atoms with van der Waals surface area (Å²) >= 11 is 0. The van der Waals surface area contributed by atoms with Crippen LogP contribution < -0.4 is 20.5 Å². The van der Waals surface area contributed by atoms with E-state index in [1.807, 2.05) is 31.2 Å². The number of ether oxygens (including phenoxy) is 2. The summed E-state index contributed by atoms with van der Waals surface area (Å²) in [7, 11) is 0. The molecule has 2 heterocycles. The van der Waals surface area contributed by atoms with Crippen molar-refractivity contribution < 1.29 is 9.47 Å². The van der Waals surface area contributed by atoms with Crippen molar-refractivity contribution in [2.24, 2.45) is 0 Å². The van der Waals surface area contributed by atoms with E-state index >= 15 is 0 Å². The molecule has 0 saturated carbocycles. The van der Waals surface area contributed by atoms with Crippen molar-refractivity contribution in [3.63, 3.8) is 0 Å². The number of para-hydroxylation sites is 1. The van der Waals surface area contributed by atoms with E-state index in [1.54, 1.807) is 6.07 Å². The maximum Gasteiger partial charge on any atom is 0.239 e. The molecule has 0 saturated heterocycles.